The maximum Gasteiger partial charge on any atom is 0.242 e. The van der Waals surface area contributed by atoms with Crippen LogP contribution in [0.4, 0.5) is 0 Å². The molecule has 0 saturated carbocycles. The summed E-state index contributed by atoms with van der Waals surface area (Å²) in [6.07, 6.45) is 1.75. The molecule has 3 N–H and O–H groups in total. The molecule has 4 heteroatoms. The number of rotatable bonds is 1. The Kier molecular flexibility index (Phi) is 1.50. The summed E-state index contributed by atoms with van der Waals surface area (Å²) in [5, 5.41) is 1.81. The quantitative estimate of drug-likeness (QED) is 0.509. The van der Waals surface area contributed by atoms with Gasteiger partial charge in [0.25, 0.3) is 0 Å². The van der Waals surface area contributed by atoms with Crippen LogP contribution in [0.15, 0.2) is 11.5 Å². The van der Waals surface area contributed by atoms with Gasteiger partial charge in [-0.05, 0) is 18.4 Å². The number of nitrogens with one attached hydrogen (secondary N) is 1. The molecule has 0 saturated heterocycles. The second kappa shape index (κ2) is 2.04. The summed E-state index contributed by atoms with van der Waals surface area (Å²) in [5.41, 5.74) is 4.43. The molecule has 1 heterocycles. The van der Waals surface area contributed by atoms with Crippen molar-refractivity contribution in [1.29, 1.82) is 0 Å². The van der Waals surface area contributed by atoms with Crippen LogP contribution >= 0.6 is 11.9 Å². The standard InChI is InChI=1S/C5H8N2OS/c1-5(4(6)8)2-3-9-7-5/h2-3,7H,1H3,(H2,6,8). The molecule has 0 fully saturated rings. The summed E-state index contributed by atoms with van der Waals surface area (Å²) >= 11 is 1.38. The van der Waals surface area contributed by atoms with Crippen LogP contribution in [-0.4, -0.2) is 11.4 Å². The Balaban J connectivity index is 2.74. The lowest BCUT2D eigenvalue weighted by atomic mass is 10.0. The molecule has 0 aliphatic carbocycles. The first-order valence-electron chi connectivity index (χ1n) is 2.55. The molecule has 1 atom stereocenters. The minimum absolute atomic E-state index is 0.344. The normalized spacial score (nSPS) is 33.0. The van der Waals surface area contributed by atoms with Crippen LogP contribution in [-0.2, 0) is 4.79 Å². The first kappa shape index (κ1) is 6.64. The van der Waals surface area contributed by atoms with E-state index in [9.17, 15) is 4.79 Å². The van der Waals surface area contributed by atoms with Gasteiger partial charge in [-0.3, -0.25) is 4.79 Å². The highest BCUT2D eigenvalue weighted by Gasteiger charge is 2.30. The van der Waals surface area contributed by atoms with E-state index in [2.05, 4.69) is 4.72 Å². The summed E-state index contributed by atoms with van der Waals surface area (Å²) in [6, 6.07) is 0. The Morgan fingerprint density at radius 2 is 2.56 bits per heavy atom. The van der Waals surface area contributed by atoms with E-state index in [1.165, 1.54) is 11.9 Å². The topological polar surface area (TPSA) is 55.1 Å². The van der Waals surface area contributed by atoms with Gasteiger partial charge in [0.1, 0.15) is 5.54 Å². The first-order chi connectivity index (χ1) is 4.15. The third kappa shape index (κ3) is 1.09. The molecule has 1 unspecified atom stereocenters. The van der Waals surface area contributed by atoms with E-state index in [0.717, 1.165) is 0 Å². The van der Waals surface area contributed by atoms with Gasteiger partial charge in [-0.1, -0.05) is 11.9 Å². The van der Waals surface area contributed by atoms with Crippen LogP contribution in [0, 0.1) is 0 Å². The van der Waals surface area contributed by atoms with Crippen LogP contribution in [0.5, 0.6) is 0 Å². The summed E-state index contributed by atoms with van der Waals surface area (Å²) in [5.74, 6) is -0.344. The van der Waals surface area contributed by atoms with E-state index >= 15 is 0 Å². The second-order valence-electron chi connectivity index (χ2n) is 2.09. The second-order valence-corrected chi connectivity index (χ2v) is 2.80. The van der Waals surface area contributed by atoms with Gasteiger partial charge in [0.05, 0.1) is 0 Å². The van der Waals surface area contributed by atoms with E-state index in [1.807, 2.05) is 5.41 Å². The molecule has 0 spiro atoms. The molecule has 3 nitrogen and oxygen atoms in total. The highest BCUT2D eigenvalue weighted by atomic mass is 32.2. The van der Waals surface area contributed by atoms with Crippen LogP contribution < -0.4 is 10.5 Å². The zero-order chi connectivity index (χ0) is 6.91. The average Bonchev–Trinajstić information content (AvgIpc) is 2.16. The molecule has 1 rings (SSSR count). The molecule has 0 aromatic carbocycles. The number of hydrogen-bond acceptors (Lipinski definition) is 3. The number of carbonyl (C=O) groups excluding carboxylic acids is 1. The Labute approximate surface area is 57.8 Å². The minimum atomic E-state index is -0.634. The van der Waals surface area contributed by atoms with Gasteiger partial charge in [0.2, 0.25) is 5.91 Å². The third-order valence-electron chi connectivity index (χ3n) is 1.25. The number of primary amides is 1. The molecule has 0 bridgehead atoms. The third-order valence-corrected chi connectivity index (χ3v) is 2.07. The van der Waals surface area contributed by atoms with Gasteiger partial charge in [0, 0.05) is 0 Å². The van der Waals surface area contributed by atoms with Crippen molar-refractivity contribution in [3.8, 4) is 0 Å². The Morgan fingerprint density at radius 1 is 1.89 bits per heavy atom. The molecule has 1 aliphatic rings. The average molecular weight is 144 g/mol. The van der Waals surface area contributed by atoms with Gasteiger partial charge in [-0.15, -0.1) is 0 Å². The first-order valence-corrected chi connectivity index (χ1v) is 3.43. The van der Waals surface area contributed by atoms with Crippen molar-refractivity contribution in [3.05, 3.63) is 11.5 Å². The van der Waals surface area contributed by atoms with Crippen molar-refractivity contribution >= 4 is 17.9 Å². The molecule has 1 aliphatic heterocycles. The van der Waals surface area contributed by atoms with Crippen molar-refractivity contribution in [3.63, 3.8) is 0 Å². The molecule has 9 heavy (non-hydrogen) atoms. The van der Waals surface area contributed by atoms with Crippen LogP contribution in [0.25, 0.3) is 0 Å². The molecular weight excluding hydrogens is 136 g/mol. The zero-order valence-electron chi connectivity index (χ0n) is 5.05. The highest BCUT2D eigenvalue weighted by Crippen LogP contribution is 2.19. The van der Waals surface area contributed by atoms with Gasteiger partial charge in [-0.2, -0.15) is 0 Å². The fourth-order valence-electron chi connectivity index (χ4n) is 0.493. The summed E-state index contributed by atoms with van der Waals surface area (Å²) in [4.78, 5) is 10.6. The van der Waals surface area contributed by atoms with E-state index in [1.54, 1.807) is 13.0 Å². The van der Waals surface area contributed by atoms with Crippen molar-refractivity contribution in [2.75, 3.05) is 0 Å². The van der Waals surface area contributed by atoms with Gasteiger partial charge in [0.15, 0.2) is 0 Å². The maximum absolute atomic E-state index is 10.6. The maximum atomic E-state index is 10.6. The lowest BCUT2D eigenvalue weighted by Gasteiger charge is -2.15. The largest absolute Gasteiger partial charge is 0.368 e. The summed E-state index contributed by atoms with van der Waals surface area (Å²) in [6.45, 7) is 1.74. The van der Waals surface area contributed by atoms with Gasteiger partial charge < -0.3 is 5.73 Å². The summed E-state index contributed by atoms with van der Waals surface area (Å²) < 4.78 is 2.86. The Morgan fingerprint density at radius 3 is 2.78 bits per heavy atom. The molecular formula is C5H8N2OS. The molecule has 1 amide bonds. The fourth-order valence-corrected chi connectivity index (χ4v) is 1.31. The van der Waals surface area contributed by atoms with Crippen LogP contribution in [0.3, 0.4) is 0 Å². The Bertz CT molecular complexity index is 168. The smallest absolute Gasteiger partial charge is 0.242 e. The SMILES string of the molecule is CC1(C(N)=O)C=CSN1. The van der Waals surface area contributed by atoms with E-state index in [0.29, 0.717) is 0 Å². The van der Waals surface area contributed by atoms with E-state index in [-0.39, 0.29) is 5.91 Å². The van der Waals surface area contributed by atoms with Gasteiger partial charge >= 0.3 is 0 Å². The number of hydrogen-bond donors (Lipinski definition) is 2. The lowest BCUT2D eigenvalue weighted by Crippen LogP contribution is -2.46. The number of nitrogens with two attached hydrogens (primary N) is 1. The Hall–Kier alpha value is -0.480. The van der Waals surface area contributed by atoms with Crippen molar-refractivity contribution < 1.29 is 4.79 Å². The summed E-state index contributed by atoms with van der Waals surface area (Å²) in [7, 11) is 0. The van der Waals surface area contributed by atoms with Crippen molar-refractivity contribution in [1.82, 2.24) is 4.72 Å². The molecule has 0 aromatic heterocycles. The van der Waals surface area contributed by atoms with Crippen LogP contribution in [0.1, 0.15) is 6.92 Å². The van der Waals surface area contributed by atoms with E-state index in [4.69, 9.17) is 5.73 Å². The number of amides is 1. The minimum Gasteiger partial charge on any atom is -0.368 e. The zero-order valence-corrected chi connectivity index (χ0v) is 5.87. The monoisotopic (exact) mass is 144 g/mol. The van der Waals surface area contributed by atoms with Gasteiger partial charge in [-0.25, -0.2) is 4.72 Å². The highest BCUT2D eigenvalue weighted by molar-refractivity contribution is 8.00. The fraction of sp³-hybridized carbons (Fsp3) is 0.400. The van der Waals surface area contributed by atoms with Crippen LogP contribution in [0.2, 0.25) is 0 Å². The molecule has 50 valence electrons. The number of carbonyl (C=O) groups is 1. The van der Waals surface area contributed by atoms with Crippen molar-refractivity contribution in [2.45, 2.75) is 12.5 Å². The predicted molar refractivity (Wildman–Crippen MR) is 37.5 cm³/mol. The molecule has 0 aromatic rings. The predicted octanol–water partition coefficient (Wildman–Crippen LogP) is -0.00450. The lowest BCUT2D eigenvalue weighted by molar-refractivity contribution is -0.121. The molecule has 0 radical (unpaired) electrons. The van der Waals surface area contributed by atoms with E-state index < -0.39 is 5.54 Å². The van der Waals surface area contributed by atoms with Crippen molar-refractivity contribution in [2.24, 2.45) is 5.73 Å².